The minimum absolute atomic E-state index is 0.0847. The van der Waals surface area contributed by atoms with Crippen molar-refractivity contribution in [3.63, 3.8) is 0 Å². The molecule has 148 valence electrons. The van der Waals surface area contributed by atoms with E-state index in [1.165, 1.54) is 0 Å². The van der Waals surface area contributed by atoms with Gasteiger partial charge in [-0.3, -0.25) is 9.59 Å². The van der Waals surface area contributed by atoms with E-state index in [2.05, 4.69) is 20.8 Å². The molecule has 0 bridgehead atoms. The molecule has 0 aromatic heterocycles. The monoisotopic (exact) mass is 374 g/mol. The summed E-state index contributed by atoms with van der Waals surface area (Å²) in [5.74, 6) is -0.0162. The van der Waals surface area contributed by atoms with Crippen LogP contribution < -0.4 is 0 Å². The van der Waals surface area contributed by atoms with Crippen molar-refractivity contribution in [3.8, 4) is 0 Å². The number of halogens is 1. The van der Waals surface area contributed by atoms with E-state index in [0.717, 1.165) is 12.0 Å². The summed E-state index contributed by atoms with van der Waals surface area (Å²) in [5, 5.41) is 9.48. The lowest BCUT2D eigenvalue weighted by atomic mass is 9.46. The van der Waals surface area contributed by atoms with Gasteiger partial charge in [0.25, 0.3) is 0 Å². The van der Waals surface area contributed by atoms with E-state index in [0.29, 0.717) is 19.3 Å². The van der Waals surface area contributed by atoms with Gasteiger partial charge in [-0.2, -0.15) is 0 Å². The quantitative estimate of drug-likeness (QED) is 0.742. The first kappa shape index (κ1) is 19.0. The molecule has 0 spiro atoms. The molecule has 2 saturated carbocycles. The number of rotatable bonds is 2. The van der Waals surface area contributed by atoms with Gasteiger partial charge in [-0.1, -0.05) is 39.3 Å². The number of ketones is 2. The van der Waals surface area contributed by atoms with Crippen molar-refractivity contribution in [2.45, 2.75) is 59.0 Å². The number of fused-ring (bicyclic) bond motifs is 5. The van der Waals surface area contributed by atoms with Gasteiger partial charge in [-0.25, -0.2) is 4.39 Å². The van der Waals surface area contributed by atoms with Gasteiger partial charge in [0.2, 0.25) is 0 Å². The highest BCUT2D eigenvalue weighted by Gasteiger charge is 2.67. The zero-order valence-electron chi connectivity index (χ0n) is 16.8. The molecule has 3 nitrogen and oxygen atoms in total. The lowest BCUT2D eigenvalue weighted by molar-refractivity contribution is -0.132. The maximum Gasteiger partial charge on any atom is 0.162 e. The van der Waals surface area contributed by atoms with Crippen LogP contribution in [0.4, 0.5) is 4.39 Å². The average molecular weight is 374 g/mol. The Hall–Kier alpha value is -1.29. The van der Waals surface area contributed by atoms with Crippen molar-refractivity contribution in [1.82, 2.24) is 0 Å². The number of allylic oxidation sites excluding steroid dienone is 4. The lowest BCUT2D eigenvalue weighted by Gasteiger charge is -2.60. The summed E-state index contributed by atoms with van der Waals surface area (Å²) in [4.78, 5) is 24.5. The Morgan fingerprint density at radius 1 is 1.22 bits per heavy atom. The van der Waals surface area contributed by atoms with Crippen molar-refractivity contribution in [3.05, 3.63) is 23.8 Å². The zero-order valence-corrected chi connectivity index (χ0v) is 16.8. The molecule has 2 fully saturated rings. The molecule has 4 rings (SSSR count). The molecule has 0 aliphatic heterocycles. The summed E-state index contributed by atoms with van der Waals surface area (Å²) in [7, 11) is 0. The van der Waals surface area contributed by atoms with Gasteiger partial charge >= 0.3 is 0 Å². The molecule has 0 aromatic carbocycles. The fraction of sp³-hybridized carbons (Fsp3) is 0.739. The molecule has 0 heterocycles. The minimum Gasteiger partial charge on any atom is -0.389 e. The van der Waals surface area contributed by atoms with Gasteiger partial charge in [0.15, 0.2) is 11.6 Å². The molecule has 27 heavy (non-hydrogen) atoms. The van der Waals surface area contributed by atoms with Crippen LogP contribution >= 0.6 is 0 Å². The van der Waals surface area contributed by atoms with Crippen LogP contribution in [-0.4, -0.2) is 28.9 Å². The van der Waals surface area contributed by atoms with Crippen molar-refractivity contribution in [1.29, 1.82) is 0 Å². The van der Waals surface area contributed by atoms with Gasteiger partial charge in [-0.15, -0.1) is 0 Å². The topological polar surface area (TPSA) is 54.4 Å². The molecule has 4 aliphatic rings. The molecule has 2 unspecified atom stereocenters. The zero-order chi connectivity index (χ0) is 19.8. The standard InChI is InChI=1S/C23H31FO3/c1-13-9-18-17-10-14(2)20(19(27)12-25)21(17,3)7-8-23(18,24)22(4)6-5-15(26)11-16(13)22/h7-8,11,13-14,17-18,20,25H,5-6,9-10,12H2,1-4H3/t13?,14?,17-,18-,20+,21-,22-,23+/m0/s1. The number of aliphatic hydroxyl groups excluding tert-OH is 1. The summed E-state index contributed by atoms with van der Waals surface area (Å²) < 4.78 is 16.8. The van der Waals surface area contributed by atoms with Crippen LogP contribution in [-0.2, 0) is 9.59 Å². The maximum atomic E-state index is 16.8. The number of carbonyl (C=O) groups is 2. The van der Waals surface area contributed by atoms with Crippen LogP contribution in [0.2, 0.25) is 0 Å². The SMILES string of the molecule is CC1C[C@H]2[C@@H]3CC(C)[C@H](C(=O)CO)[C@@]3(C)C=C[C@]2(F)[C@@]2(C)CCC(=O)C=C12. The van der Waals surface area contributed by atoms with Gasteiger partial charge in [-0.05, 0) is 54.6 Å². The second kappa shape index (κ2) is 5.85. The average Bonchev–Trinajstić information content (AvgIpc) is 2.89. The molecular weight excluding hydrogens is 343 g/mol. The van der Waals surface area contributed by atoms with Gasteiger partial charge in [0.1, 0.15) is 12.3 Å². The van der Waals surface area contributed by atoms with Crippen molar-refractivity contribution >= 4 is 11.6 Å². The van der Waals surface area contributed by atoms with Crippen LogP contribution in [0.15, 0.2) is 23.8 Å². The molecular formula is C23H31FO3. The first-order chi connectivity index (χ1) is 12.6. The molecule has 0 aromatic rings. The molecule has 8 atom stereocenters. The highest BCUT2D eigenvalue weighted by atomic mass is 19.1. The van der Waals surface area contributed by atoms with E-state index in [1.807, 2.05) is 13.0 Å². The summed E-state index contributed by atoms with van der Waals surface area (Å²) in [5.41, 5.74) is -1.56. The molecule has 0 saturated heterocycles. The van der Waals surface area contributed by atoms with E-state index >= 15 is 4.39 Å². The van der Waals surface area contributed by atoms with Crippen LogP contribution in [0.5, 0.6) is 0 Å². The first-order valence-electron chi connectivity index (χ1n) is 10.4. The summed E-state index contributed by atoms with van der Waals surface area (Å²) in [6, 6.07) is 0. The fourth-order valence-corrected chi connectivity index (χ4v) is 7.40. The number of Topliss-reactive ketones (excluding diaryl/α,β-unsaturated/α-hetero) is 1. The second-order valence-electron chi connectivity index (χ2n) is 10.0. The second-order valence-corrected chi connectivity index (χ2v) is 10.0. The highest BCUT2D eigenvalue weighted by molar-refractivity contribution is 5.92. The minimum atomic E-state index is -1.48. The largest absolute Gasteiger partial charge is 0.389 e. The van der Waals surface area contributed by atoms with Crippen LogP contribution in [0.25, 0.3) is 0 Å². The van der Waals surface area contributed by atoms with Crippen molar-refractivity contribution < 1.29 is 19.1 Å². The Kier molecular flexibility index (Phi) is 4.13. The predicted molar refractivity (Wildman–Crippen MR) is 102 cm³/mol. The maximum absolute atomic E-state index is 16.8. The van der Waals surface area contributed by atoms with Crippen molar-refractivity contribution in [2.75, 3.05) is 6.61 Å². The normalized spacial score (nSPS) is 51.3. The number of hydrogen-bond donors (Lipinski definition) is 1. The first-order valence-corrected chi connectivity index (χ1v) is 10.4. The number of aliphatic hydroxyl groups is 1. The number of carbonyl (C=O) groups excluding carboxylic acids is 2. The Bertz CT molecular complexity index is 755. The van der Waals surface area contributed by atoms with E-state index in [9.17, 15) is 14.7 Å². The third kappa shape index (κ3) is 2.28. The van der Waals surface area contributed by atoms with Crippen LogP contribution in [0, 0.1) is 40.4 Å². The van der Waals surface area contributed by atoms with Crippen LogP contribution in [0.1, 0.15) is 53.4 Å². The van der Waals surface area contributed by atoms with E-state index < -0.39 is 23.1 Å². The molecule has 1 N–H and O–H groups in total. The Balaban J connectivity index is 1.83. The fourth-order valence-electron chi connectivity index (χ4n) is 7.40. The van der Waals surface area contributed by atoms with Gasteiger partial charge in [0, 0.05) is 23.7 Å². The molecule has 0 radical (unpaired) electrons. The lowest BCUT2D eigenvalue weighted by Crippen LogP contribution is -2.60. The number of hydrogen-bond acceptors (Lipinski definition) is 3. The molecule has 4 heteroatoms. The summed E-state index contributed by atoms with van der Waals surface area (Å²) in [6.07, 6.45) is 7.88. The van der Waals surface area contributed by atoms with Gasteiger partial charge in [0.05, 0.1) is 0 Å². The predicted octanol–water partition coefficient (Wildman–Crippen LogP) is 4.06. The van der Waals surface area contributed by atoms with E-state index in [-0.39, 0.29) is 41.2 Å². The van der Waals surface area contributed by atoms with E-state index in [4.69, 9.17) is 0 Å². The van der Waals surface area contributed by atoms with E-state index in [1.54, 1.807) is 12.2 Å². The third-order valence-electron chi connectivity index (χ3n) is 8.69. The molecule has 0 amide bonds. The highest BCUT2D eigenvalue weighted by Crippen LogP contribution is 2.68. The summed E-state index contributed by atoms with van der Waals surface area (Å²) >= 11 is 0. The smallest absolute Gasteiger partial charge is 0.162 e. The summed E-state index contributed by atoms with van der Waals surface area (Å²) in [6.45, 7) is 7.81. The van der Waals surface area contributed by atoms with Gasteiger partial charge < -0.3 is 5.11 Å². The number of alkyl halides is 1. The Labute approximate surface area is 161 Å². The van der Waals surface area contributed by atoms with Crippen LogP contribution in [0.3, 0.4) is 0 Å². The Morgan fingerprint density at radius 2 is 1.93 bits per heavy atom. The molecule has 4 aliphatic carbocycles. The van der Waals surface area contributed by atoms with Crippen molar-refractivity contribution in [2.24, 2.45) is 40.4 Å². The Morgan fingerprint density at radius 3 is 2.59 bits per heavy atom. The third-order valence-corrected chi connectivity index (χ3v) is 8.69.